The highest BCUT2D eigenvalue weighted by molar-refractivity contribution is 7.89. The van der Waals surface area contributed by atoms with Gasteiger partial charge < -0.3 is 5.73 Å². The standard InChI is InChI=1S/C9H14N2O2S2/c1-6-4-7(6)11-15(12,13)9-2-3-14-8(9)5-10/h2-3,6-7,11H,4-5,10H2,1H3. The Bertz CT molecular complexity index is 452. The van der Waals surface area contributed by atoms with Crippen molar-refractivity contribution in [2.24, 2.45) is 11.7 Å². The van der Waals surface area contributed by atoms with Crippen molar-refractivity contribution in [1.29, 1.82) is 0 Å². The summed E-state index contributed by atoms with van der Waals surface area (Å²) in [6.45, 7) is 2.30. The molecule has 3 N–H and O–H groups in total. The molecule has 2 rings (SSSR count). The van der Waals surface area contributed by atoms with Crippen molar-refractivity contribution in [1.82, 2.24) is 4.72 Å². The second-order valence-corrected chi connectivity index (χ2v) is 6.54. The molecular formula is C9H14N2O2S2. The van der Waals surface area contributed by atoms with Gasteiger partial charge in [0.15, 0.2) is 0 Å². The van der Waals surface area contributed by atoms with Gasteiger partial charge in [-0.15, -0.1) is 11.3 Å². The van der Waals surface area contributed by atoms with E-state index in [2.05, 4.69) is 4.72 Å². The molecule has 1 aromatic rings. The SMILES string of the molecule is CC1CC1NS(=O)(=O)c1ccsc1CN. The van der Waals surface area contributed by atoms with E-state index in [1.165, 1.54) is 11.3 Å². The topological polar surface area (TPSA) is 72.2 Å². The third kappa shape index (κ3) is 2.23. The van der Waals surface area contributed by atoms with Crippen molar-refractivity contribution < 1.29 is 8.42 Å². The first-order valence-electron chi connectivity index (χ1n) is 4.83. The van der Waals surface area contributed by atoms with E-state index < -0.39 is 10.0 Å². The van der Waals surface area contributed by atoms with Crippen LogP contribution in [0.5, 0.6) is 0 Å². The summed E-state index contributed by atoms with van der Waals surface area (Å²) in [5.74, 6) is 0.458. The van der Waals surface area contributed by atoms with E-state index in [4.69, 9.17) is 5.73 Å². The van der Waals surface area contributed by atoms with Gasteiger partial charge in [0.1, 0.15) is 0 Å². The van der Waals surface area contributed by atoms with Crippen LogP contribution in [-0.2, 0) is 16.6 Å². The quantitative estimate of drug-likeness (QED) is 0.829. The molecule has 1 fully saturated rings. The number of thiophene rings is 1. The maximum absolute atomic E-state index is 11.9. The van der Waals surface area contributed by atoms with Crippen molar-refractivity contribution in [2.45, 2.75) is 30.8 Å². The third-order valence-corrected chi connectivity index (χ3v) is 5.24. The Morgan fingerprint density at radius 3 is 2.87 bits per heavy atom. The summed E-state index contributed by atoms with van der Waals surface area (Å²) >= 11 is 1.38. The van der Waals surface area contributed by atoms with E-state index in [1.807, 2.05) is 6.92 Å². The first-order valence-corrected chi connectivity index (χ1v) is 7.19. The molecular weight excluding hydrogens is 232 g/mol. The fourth-order valence-electron chi connectivity index (χ4n) is 1.47. The second-order valence-electron chi connectivity index (χ2n) is 3.85. The highest BCUT2D eigenvalue weighted by Crippen LogP contribution is 2.31. The van der Waals surface area contributed by atoms with Gasteiger partial charge in [-0.2, -0.15) is 0 Å². The van der Waals surface area contributed by atoms with Crippen LogP contribution in [0.4, 0.5) is 0 Å². The van der Waals surface area contributed by atoms with Crippen LogP contribution in [0.3, 0.4) is 0 Å². The molecule has 1 aromatic heterocycles. The molecule has 0 amide bonds. The lowest BCUT2D eigenvalue weighted by Crippen LogP contribution is -2.27. The van der Waals surface area contributed by atoms with E-state index in [0.29, 0.717) is 10.8 Å². The Morgan fingerprint density at radius 2 is 2.33 bits per heavy atom. The van der Waals surface area contributed by atoms with Gasteiger partial charge in [0.05, 0.1) is 4.90 Å². The molecule has 15 heavy (non-hydrogen) atoms. The van der Waals surface area contributed by atoms with Crippen molar-refractivity contribution >= 4 is 21.4 Å². The summed E-state index contributed by atoms with van der Waals surface area (Å²) in [5, 5.41) is 1.76. The Hall–Kier alpha value is -0.430. The lowest BCUT2D eigenvalue weighted by atomic mass is 10.5. The highest BCUT2D eigenvalue weighted by atomic mass is 32.2. The number of hydrogen-bond acceptors (Lipinski definition) is 4. The maximum atomic E-state index is 11.9. The van der Waals surface area contributed by atoms with Crippen LogP contribution in [0, 0.1) is 5.92 Å². The van der Waals surface area contributed by atoms with Crippen LogP contribution in [0.2, 0.25) is 0 Å². The van der Waals surface area contributed by atoms with E-state index in [0.717, 1.165) is 11.3 Å². The number of sulfonamides is 1. The van der Waals surface area contributed by atoms with Gasteiger partial charge >= 0.3 is 0 Å². The fourth-order valence-corrected chi connectivity index (χ4v) is 4.16. The van der Waals surface area contributed by atoms with Crippen molar-refractivity contribution in [2.75, 3.05) is 0 Å². The number of hydrogen-bond donors (Lipinski definition) is 2. The van der Waals surface area contributed by atoms with E-state index in [-0.39, 0.29) is 12.6 Å². The summed E-state index contributed by atoms with van der Waals surface area (Å²) in [5.41, 5.74) is 5.48. The molecule has 4 nitrogen and oxygen atoms in total. The summed E-state index contributed by atoms with van der Waals surface area (Å²) < 4.78 is 26.5. The summed E-state index contributed by atoms with van der Waals surface area (Å²) in [6.07, 6.45) is 0.932. The molecule has 84 valence electrons. The average molecular weight is 246 g/mol. The van der Waals surface area contributed by atoms with Gasteiger partial charge in [-0.3, -0.25) is 0 Å². The van der Waals surface area contributed by atoms with E-state index >= 15 is 0 Å². The van der Waals surface area contributed by atoms with Crippen LogP contribution in [0.15, 0.2) is 16.3 Å². The van der Waals surface area contributed by atoms with E-state index in [9.17, 15) is 8.42 Å². The van der Waals surface area contributed by atoms with Crippen LogP contribution < -0.4 is 10.5 Å². The lowest BCUT2D eigenvalue weighted by Gasteiger charge is -2.05. The lowest BCUT2D eigenvalue weighted by molar-refractivity contribution is 0.578. The average Bonchev–Trinajstić information content (AvgIpc) is 2.72. The minimum absolute atomic E-state index is 0.112. The molecule has 1 heterocycles. The zero-order chi connectivity index (χ0) is 11.1. The van der Waals surface area contributed by atoms with Gasteiger partial charge in [-0.1, -0.05) is 6.92 Å². The Balaban J connectivity index is 2.21. The molecule has 1 aliphatic rings. The largest absolute Gasteiger partial charge is 0.326 e. The molecule has 0 spiro atoms. The predicted molar refractivity (Wildman–Crippen MR) is 60.1 cm³/mol. The molecule has 0 radical (unpaired) electrons. The smallest absolute Gasteiger partial charge is 0.241 e. The highest BCUT2D eigenvalue weighted by Gasteiger charge is 2.37. The first kappa shape index (κ1) is 11.1. The minimum atomic E-state index is -3.35. The first-order chi connectivity index (χ1) is 7.04. The molecule has 2 atom stereocenters. The van der Waals surface area contributed by atoms with Crippen LogP contribution in [0.25, 0.3) is 0 Å². The molecule has 1 saturated carbocycles. The van der Waals surface area contributed by atoms with E-state index in [1.54, 1.807) is 11.4 Å². The van der Waals surface area contributed by atoms with Crippen molar-refractivity contribution in [3.05, 3.63) is 16.3 Å². The van der Waals surface area contributed by atoms with Gasteiger partial charge in [0, 0.05) is 17.5 Å². The second kappa shape index (κ2) is 3.86. The Morgan fingerprint density at radius 1 is 1.67 bits per heavy atom. The number of rotatable bonds is 4. The minimum Gasteiger partial charge on any atom is -0.326 e. The van der Waals surface area contributed by atoms with Crippen LogP contribution >= 0.6 is 11.3 Å². The monoisotopic (exact) mass is 246 g/mol. The third-order valence-electron chi connectivity index (χ3n) is 2.60. The molecule has 6 heteroatoms. The van der Waals surface area contributed by atoms with Crippen LogP contribution in [0.1, 0.15) is 18.2 Å². The summed E-state index contributed by atoms with van der Waals surface area (Å²) in [7, 11) is -3.35. The predicted octanol–water partition coefficient (Wildman–Crippen LogP) is 0.894. The van der Waals surface area contributed by atoms with Crippen molar-refractivity contribution in [3.63, 3.8) is 0 Å². The number of nitrogens with one attached hydrogen (secondary N) is 1. The molecule has 1 aliphatic carbocycles. The van der Waals surface area contributed by atoms with Gasteiger partial charge in [0.2, 0.25) is 10.0 Å². The van der Waals surface area contributed by atoms with Crippen LogP contribution in [-0.4, -0.2) is 14.5 Å². The number of nitrogens with two attached hydrogens (primary N) is 1. The molecule has 0 bridgehead atoms. The van der Waals surface area contributed by atoms with Crippen molar-refractivity contribution in [3.8, 4) is 0 Å². The fraction of sp³-hybridized carbons (Fsp3) is 0.556. The van der Waals surface area contributed by atoms with Gasteiger partial charge in [-0.25, -0.2) is 13.1 Å². The normalized spacial score (nSPS) is 25.5. The summed E-state index contributed by atoms with van der Waals surface area (Å²) in [4.78, 5) is 1.06. The zero-order valence-corrected chi connectivity index (χ0v) is 10.1. The zero-order valence-electron chi connectivity index (χ0n) is 8.43. The molecule has 0 aromatic carbocycles. The molecule has 0 aliphatic heterocycles. The Labute approximate surface area is 93.5 Å². The van der Waals surface area contributed by atoms with Gasteiger partial charge in [0.25, 0.3) is 0 Å². The molecule has 0 saturated heterocycles. The summed E-state index contributed by atoms with van der Waals surface area (Å²) in [6, 6.07) is 1.72. The van der Waals surface area contributed by atoms with Gasteiger partial charge in [-0.05, 0) is 23.8 Å². The molecule has 2 unspecified atom stereocenters. The maximum Gasteiger partial charge on any atom is 0.241 e. The Kier molecular flexibility index (Phi) is 2.85.